The number of halogens is 3. The summed E-state index contributed by atoms with van der Waals surface area (Å²) in [4.78, 5) is 13.0. The Balaban J connectivity index is 1.58. The number of amides is 1. The van der Waals surface area contributed by atoms with E-state index in [2.05, 4.69) is 20.5 Å². The summed E-state index contributed by atoms with van der Waals surface area (Å²) in [5.41, 5.74) is 0.692. The number of anilines is 2. The van der Waals surface area contributed by atoms with Gasteiger partial charge in [-0.25, -0.2) is 4.68 Å². The third-order valence-corrected chi connectivity index (χ3v) is 5.65. The molecule has 2 aromatic carbocycles. The molecule has 0 atom stereocenters. The summed E-state index contributed by atoms with van der Waals surface area (Å²) in [6.45, 7) is 4.37. The van der Waals surface area contributed by atoms with E-state index < -0.39 is 5.57 Å². The lowest BCUT2D eigenvalue weighted by Gasteiger charge is -2.13. The molecule has 3 N–H and O–H groups in total. The minimum atomic E-state index is -3.79. The van der Waals surface area contributed by atoms with Crippen LogP contribution in [0.15, 0.2) is 42.5 Å². The maximum absolute atomic E-state index is 13.0. The number of carbonyl (C=O) groups excluding carboxylic acids is 1. The Bertz CT molecular complexity index is 1190. The van der Waals surface area contributed by atoms with Gasteiger partial charge in [-0.2, -0.15) is 5.10 Å². The SMILES string of the molecule is CC(C)n1nc(Cc2ccc(OC(F)(F)Cl)cc2)c(CO)c1NC(=O)c1ccc2c(c1)CCN2. The number of aliphatic hydroxyl groups excluding tert-OH is 1. The van der Waals surface area contributed by atoms with E-state index in [9.17, 15) is 18.7 Å². The number of aromatic nitrogens is 2. The first-order valence-corrected chi connectivity index (χ1v) is 11.3. The first kappa shape index (κ1) is 24.0. The molecule has 0 saturated heterocycles. The Labute approximate surface area is 200 Å². The number of fused-ring (bicyclic) bond motifs is 1. The van der Waals surface area contributed by atoms with E-state index in [4.69, 9.17) is 11.6 Å². The van der Waals surface area contributed by atoms with Crippen molar-refractivity contribution in [3.63, 3.8) is 0 Å². The Morgan fingerprint density at radius 2 is 2.03 bits per heavy atom. The fourth-order valence-electron chi connectivity index (χ4n) is 3.96. The maximum atomic E-state index is 13.0. The van der Waals surface area contributed by atoms with Gasteiger partial charge in [0.25, 0.3) is 5.91 Å². The van der Waals surface area contributed by atoms with Gasteiger partial charge in [-0.3, -0.25) is 4.79 Å². The lowest BCUT2D eigenvalue weighted by Crippen LogP contribution is -2.18. The van der Waals surface area contributed by atoms with Gasteiger partial charge in [0.1, 0.15) is 11.6 Å². The summed E-state index contributed by atoms with van der Waals surface area (Å²) in [6.07, 6.45) is 1.18. The van der Waals surface area contributed by atoms with Crippen molar-refractivity contribution in [1.29, 1.82) is 0 Å². The number of hydrogen-bond donors (Lipinski definition) is 3. The highest BCUT2D eigenvalue weighted by atomic mass is 35.5. The first-order valence-electron chi connectivity index (χ1n) is 10.9. The van der Waals surface area contributed by atoms with Gasteiger partial charge in [0.15, 0.2) is 0 Å². The van der Waals surface area contributed by atoms with E-state index >= 15 is 0 Å². The third-order valence-electron chi connectivity index (χ3n) is 5.58. The van der Waals surface area contributed by atoms with Gasteiger partial charge < -0.3 is 20.5 Å². The second-order valence-corrected chi connectivity index (χ2v) is 8.78. The molecule has 180 valence electrons. The fraction of sp³-hybridized carbons (Fsp3) is 0.333. The van der Waals surface area contributed by atoms with Gasteiger partial charge in [0.2, 0.25) is 0 Å². The van der Waals surface area contributed by atoms with Crippen LogP contribution in [0.4, 0.5) is 20.3 Å². The van der Waals surface area contributed by atoms with Crippen LogP contribution in [-0.4, -0.2) is 32.9 Å². The predicted molar refractivity (Wildman–Crippen MR) is 126 cm³/mol. The number of aliphatic hydroxyl groups is 1. The Morgan fingerprint density at radius 1 is 1.29 bits per heavy atom. The summed E-state index contributed by atoms with van der Waals surface area (Å²) in [7, 11) is 0. The molecule has 1 amide bonds. The van der Waals surface area contributed by atoms with Crippen molar-refractivity contribution in [1.82, 2.24) is 9.78 Å². The van der Waals surface area contributed by atoms with Gasteiger partial charge in [-0.15, -0.1) is 8.78 Å². The molecule has 10 heteroatoms. The van der Waals surface area contributed by atoms with Crippen LogP contribution in [0.3, 0.4) is 0 Å². The van der Waals surface area contributed by atoms with Crippen molar-refractivity contribution in [2.24, 2.45) is 0 Å². The molecule has 0 aliphatic carbocycles. The number of rotatable bonds is 8. The van der Waals surface area contributed by atoms with Crippen LogP contribution in [0, 0.1) is 0 Å². The average Bonchev–Trinajstić information content (AvgIpc) is 3.38. The highest BCUT2D eigenvalue weighted by Gasteiger charge is 2.27. The molecule has 0 saturated carbocycles. The predicted octanol–water partition coefficient (Wildman–Crippen LogP) is 4.94. The van der Waals surface area contributed by atoms with Crippen LogP contribution in [0.5, 0.6) is 5.75 Å². The van der Waals surface area contributed by atoms with E-state index in [0.29, 0.717) is 29.1 Å². The number of hydrogen-bond acceptors (Lipinski definition) is 5. The fourth-order valence-corrected chi connectivity index (χ4v) is 4.05. The second-order valence-electron chi connectivity index (χ2n) is 8.34. The van der Waals surface area contributed by atoms with Gasteiger partial charge >= 0.3 is 5.57 Å². The van der Waals surface area contributed by atoms with Crippen molar-refractivity contribution in [2.45, 2.75) is 44.9 Å². The summed E-state index contributed by atoms with van der Waals surface area (Å²) in [5.74, 6) is 0.0652. The molecule has 0 fully saturated rings. The molecule has 4 rings (SSSR count). The van der Waals surface area contributed by atoms with E-state index in [1.165, 1.54) is 12.1 Å². The monoisotopic (exact) mass is 490 g/mol. The van der Waals surface area contributed by atoms with Gasteiger partial charge in [0.05, 0.1) is 12.3 Å². The van der Waals surface area contributed by atoms with Crippen LogP contribution in [0.1, 0.15) is 52.6 Å². The molecule has 1 aliphatic rings. The van der Waals surface area contributed by atoms with Crippen LogP contribution < -0.4 is 15.4 Å². The first-order chi connectivity index (χ1) is 16.1. The number of benzene rings is 2. The molecule has 1 aromatic heterocycles. The highest BCUT2D eigenvalue weighted by Crippen LogP contribution is 2.29. The molecular formula is C24H25ClF2N4O3. The topological polar surface area (TPSA) is 88.4 Å². The largest absolute Gasteiger partial charge is 0.487 e. The number of alkyl halides is 3. The number of ether oxygens (including phenoxy) is 1. The average molecular weight is 491 g/mol. The minimum Gasteiger partial charge on any atom is -0.420 e. The van der Waals surface area contributed by atoms with Crippen molar-refractivity contribution < 1.29 is 23.4 Å². The van der Waals surface area contributed by atoms with Crippen molar-refractivity contribution in [3.05, 3.63) is 70.4 Å². The normalized spacial score (nSPS) is 13.0. The van der Waals surface area contributed by atoms with Crippen LogP contribution in [-0.2, 0) is 19.4 Å². The van der Waals surface area contributed by atoms with E-state index in [1.807, 2.05) is 26.0 Å². The molecule has 34 heavy (non-hydrogen) atoms. The molecule has 1 aliphatic heterocycles. The second kappa shape index (κ2) is 9.60. The molecular weight excluding hydrogens is 466 g/mol. The van der Waals surface area contributed by atoms with E-state index in [-0.39, 0.29) is 24.3 Å². The smallest absolute Gasteiger partial charge is 0.420 e. The van der Waals surface area contributed by atoms with Crippen LogP contribution in [0.2, 0.25) is 0 Å². The molecule has 2 heterocycles. The maximum Gasteiger partial charge on any atom is 0.487 e. The highest BCUT2D eigenvalue weighted by molar-refractivity contribution is 6.20. The number of nitrogens with one attached hydrogen (secondary N) is 2. The molecule has 7 nitrogen and oxygen atoms in total. The van der Waals surface area contributed by atoms with Crippen molar-refractivity contribution >= 4 is 29.0 Å². The summed E-state index contributed by atoms with van der Waals surface area (Å²) >= 11 is 4.81. The van der Waals surface area contributed by atoms with Gasteiger partial charge in [0, 0.05) is 47.4 Å². The molecule has 0 spiro atoms. The van der Waals surface area contributed by atoms with E-state index in [1.54, 1.807) is 22.9 Å². The summed E-state index contributed by atoms with van der Waals surface area (Å²) in [6, 6.07) is 11.4. The third kappa shape index (κ3) is 5.31. The standard InChI is InChI=1S/C24H25ClF2N4O3/c1-14(2)31-22(29-23(33)17-5-8-20-16(12-17)9-10-28-20)19(13-32)21(30-31)11-15-3-6-18(7-4-15)34-24(25,26)27/h3-8,12,14,28,32H,9-11,13H2,1-2H3,(H,29,33). The van der Waals surface area contributed by atoms with Gasteiger partial charge in [-0.05, 0) is 61.7 Å². The number of nitrogens with zero attached hydrogens (tertiary/aromatic N) is 2. The lowest BCUT2D eigenvalue weighted by atomic mass is 10.1. The zero-order valence-electron chi connectivity index (χ0n) is 18.7. The van der Waals surface area contributed by atoms with Crippen molar-refractivity contribution in [3.8, 4) is 5.75 Å². The Kier molecular flexibility index (Phi) is 6.77. The molecule has 0 bridgehead atoms. The number of carbonyl (C=O) groups is 1. The zero-order chi connectivity index (χ0) is 24.5. The molecule has 3 aromatic rings. The Hall–Kier alpha value is -3.17. The Morgan fingerprint density at radius 3 is 2.68 bits per heavy atom. The summed E-state index contributed by atoms with van der Waals surface area (Å²) < 4.78 is 31.7. The van der Waals surface area contributed by atoms with Crippen LogP contribution >= 0.6 is 11.6 Å². The zero-order valence-corrected chi connectivity index (χ0v) is 19.5. The minimum absolute atomic E-state index is 0.0728. The van der Waals surface area contributed by atoms with E-state index in [0.717, 1.165) is 29.8 Å². The summed E-state index contributed by atoms with van der Waals surface area (Å²) in [5, 5.41) is 20.9. The molecule has 0 unspecified atom stereocenters. The van der Waals surface area contributed by atoms with Crippen LogP contribution in [0.25, 0.3) is 0 Å². The molecule has 0 radical (unpaired) electrons. The lowest BCUT2D eigenvalue weighted by molar-refractivity contribution is -0.0964. The quantitative estimate of drug-likeness (QED) is 0.389. The van der Waals surface area contributed by atoms with Gasteiger partial charge in [-0.1, -0.05) is 12.1 Å². The van der Waals surface area contributed by atoms with Crippen molar-refractivity contribution in [2.75, 3.05) is 17.2 Å².